The van der Waals surface area contributed by atoms with E-state index in [0.717, 1.165) is 0 Å². The Kier molecular flexibility index (Phi) is 9.75. The second-order valence-electron chi connectivity index (χ2n) is 13.6. The van der Waals surface area contributed by atoms with Crippen LogP contribution in [0.3, 0.4) is 0 Å². The summed E-state index contributed by atoms with van der Waals surface area (Å²) in [7, 11) is -2.68. The van der Waals surface area contributed by atoms with E-state index >= 15 is 0 Å². The van der Waals surface area contributed by atoms with Crippen LogP contribution in [0.15, 0.2) is 12.2 Å². The van der Waals surface area contributed by atoms with Crippen molar-refractivity contribution in [2.75, 3.05) is 13.7 Å². The maximum absolute atomic E-state index is 13.2. The highest BCUT2D eigenvalue weighted by molar-refractivity contribution is 6.77. The molecule has 1 saturated carbocycles. The van der Waals surface area contributed by atoms with Gasteiger partial charge in [0.15, 0.2) is 8.32 Å². The van der Waals surface area contributed by atoms with Gasteiger partial charge in [-0.1, -0.05) is 81.4 Å². The quantitative estimate of drug-likeness (QED) is 0.204. The molecule has 2 aliphatic carbocycles. The maximum Gasteiger partial charge on any atom is 0.309 e. The molecule has 7 heteroatoms. The van der Waals surface area contributed by atoms with E-state index in [1.807, 2.05) is 0 Å². The van der Waals surface area contributed by atoms with Crippen LogP contribution in [0.4, 0.5) is 0 Å². The summed E-state index contributed by atoms with van der Waals surface area (Å²) < 4.78 is 19.1. The Balaban J connectivity index is 2.44. The first-order valence-corrected chi connectivity index (χ1v) is 18.7. The summed E-state index contributed by atoms with van der Waals surface area (Å²) in [6.45, 7) is 27.5. The standard InChI is InChI=1S/C28H54O5Si2/c1-17(2)35(18(3)4,19(5)6)33-26-20(7)25(29)24-22(26)15-14-21(23(24)27(30)31-11)16-32-34(12,13)28(8,9)10/h14-15,17-26,29H,16H2,1-13H3/t20-,21?,22-,23?,24?,25-,26+/m0/s1. The largest absolute Gasteiger partial charge is 0.469 e. The summed E-state index contributed by atoms with van der Waals surface area (Å²) in [6, 6.07) is 0. The molecular weight excluding hydrogens is 472 g/mol. The number of fused-ring (bicyclic) bond motifs is 1. The normalized spacial score (nSPS) is 32.0. The van der Waals surface area contributed by atoms with Crippen LogP contribution in [0.1, 0.15) is 69.2 Å². The van der Waals surface area contributed by atoms with Gasteiger partial charge in [0.1, 0.15) is 0 Å². The predicted octanol–water partition coefficient (Wildman–Crippen LogP) is 6.79. The molecule has 0 amide bonds. The first kappa shape index (κ1) is 30.7. The topological polar surface area (TPSA) is 65.0 Å². The molecule has 0 aromatic rings. The highest BCUT2D eigenvalue weighted by atomic mass is 28.4. The van der Waals surface area contributed by atoms with Crippen LogP contribution < -0.4 is 0 Å². The van der Waals surface area contributed by atoms with Gasteiger partial charge in [0.25, 0.3) is 0 Å². The summed E-state index contributed by atoms with van der Waals surface area (Å²) in [6.07, 6.45) is 3.66. The Morgan fingerprint density at radius 2 is 1.51 bits per heavy atom. The molecule has 2 aliphatic rings. The van der Waals surface area contributed by atoms with Gasteiger partial charge in [-0.25, -0.2) is 0 Å². The number of hydrogen-bond acceptors (Lipinski definition) is 5. The molecule has 7 atom stereocenters. The monoisotopic (exact) mass is 526 g/mol. The average Bonchev–Trinajstić information content (AvgIpc) is 2.97. The second kappa shape index (κ2) is 11.1. The van der Waals surface area contributed by atoms with Gasteiger partial charge in [-0.3, -0.25) is 4.79 Å². The molecule has 2 rings (SSSR count). The Labute approximate surface area is 217 Å². The molecule has 0 radical (unpaired) electrons. The van der Waals surface area contributed by atoms with Crippen LogP contribution in [-0.4, -0.2) is 53.6 Å². The number of esters is 1. The zero-order valence-electron chi connectivity index (χ0n) is 24.7. The zero-order chi connectivity index (χ0) is 27.1. The summed E-state index contributed by atoms with van der Waals surface area (Å²) in [5, 5.41) is 11.6. The molecule has 3 unspecified atom stereocenters. The molecule has 0 aromatic carbocycles. The van der Waals surface area contributed by atoms with Crippen molar-refractivity contribution in [2.45, 2.75) is 116 Å². The smallest absolute Gasteiger partial charge is 0.309 e. The number of ether oxygens (including phenoxy) is 1. The van der Waals surface area contributed by atoms with Crippen molar-refractivity contribution >= 4 is 22.6 Å². The second-order valence-corrected chi connectivity index (χ2v) is 23.8. The van der Waals surface area contributed by atoms with Crippen molar-refractivity contribution in [3.8, 4) is 0 Å². The van der Waals surface area contributed by atoms with E-state index in [0.29, 0.717) is 23.2 Å². The SMILES string of the molecule is COC(=O)C1C(CO[Si](C)(C)C(C)(C)C)C=C[C@H]2C1[C@@H](O)[C@H](C)[C@H]2O[Si](C(C)C)(C(C)C)C(C)C. The van der Waals surface area contributed by atoms with E-state index in [1.54, 1.807) is 0 Å². The number of methoxy groups -OCH3 is 1. The predicted molar refractivity (Wildman–Crippen MR) is 149 cm³/mol. The molecular formula is C28H54O5Si2. The summed E-state index contributed by atoms with van der Waals surface area (Å²) in [4.78, 5) is 13.2. The Morgan fingerprint density at radius 1 is 1.00 bits per heavy atom. The molecule has 0 aliphatic heterocycles. The first-order chi connectivity index (χ1) is 15.9. The molecule has 0 bridgehead atoms. The zero-order valence-corrected chi connectivity index (χ0v) is 26.7. The van der Waals surface area contributed by atoms with Crippen molar-refractivity contribution in [1.82, 2.24) is 0 Å². The fraction of sp³-hybridized carbons (Fsp3) is 0.893. The van der Waals surface area contributed by atoms with E-state index in [1.165, 1.54) is 7.11 Å². The number of hydrogen-bond donors (Lipinski definition) is 1. The highest BCUT2D eigenvalue weighted by Crippen LogP contribution is 2.53. The Morgan fingerprint density at radius 3 is 1.94 bits per heavy atom. The van der Waals surface area contributed by atoms with Gasteiger partial charge in [-0.15, -0.1) is 0 Å². The molecule has 1 N–H and O–H groups in total. The van der Waals surface area contributed by atoms with E-state index in [-0.39, 0.29) is 40.8 Å². The highest BCUT2D eigenvalue weighted by Gasteiger charge is 2.58. The number of aliphatic hydroxyl groups excluding tert-OH is 1. The summed E-state index contributed by atoms with van der Waals surface area (Å²) >= 11 is 0. The molecule has 1 fully saturated rings. The van der Waals surface area contributed by atoms with Crippen LogP contribution in [0.5, 0.6) is 0 Å². The lowest BCUT2D eigenvalue weighted by Gasteiger charge is -2.46. The van der Waals surface area contributed by atoms with Gasteiger partial charge in [-0.2, -0.15) is 0 Å². The van der Waals surface area contributed by atoms with Gasteiger partial charge in [0.2, 0.25) is 8.32 Å². The third-order valence-electron chi connectivity index (χ3n) is 9.70. The van der Waals surface area contributed by atoms with E-state index in [9.17, 15) is 9.90 Å². The Bertz CT molecular complexity index is 733. The minimum Gasteiger partial charge on any atom is -0.469 e. The molecule has 0 heterocycles. The summed E-state index contributed by atoms with van der Waals surface area (Å²) in [5.74, 6) is -1.07. The third-order valence-corrected chi connectivity index (χ3v) is 20.3. The number of rotatable bonds is 9. The number of carbonyl (C=O) groups is 1. The van der Waals surface area contributed by atoms with Crippen LogP contribution in [-0.2, 0) is 18.4 Å². The summed E-state index contributed by atoms with van der Waals surface area (Å²) in [5.41, 5.74) is 1.38. The lowest BCUT2D eigenvalue weighted by Crippen LogP contribution is -2.52. The average molecular weight is 527 g/mol. The van der Waals surface area contributed by atoms with Crippen LogP contribution in [0.25, 0.3) is 0 Å². The Hall–Kier alpha value is -0.476. The minimum atomic E-state index is -2.16. The van der Waals surface area contributed by atoms with Gasteiger partial charge in [0, 0.05) is 30.3 Å². The molecule has 5 nitrogen and oxygen atoms in total. The van der Waals surface area contributed by atoms with Crippen LogP contribution in [0.2, 0.25) is 34.8 Å². The lowest BCUT2D eigenvalue weighted by atomic mass is 9.71. The van der Waals surface area contributed by atoms with E-state index in [2.05, 4.69) is 94.5 Å². The van der Waals surface area contributed by atoms with Crippen molar-refractivity contribution in [3.05, 3.63) is 12.2 Å². The number of carbonyl (C=O) groups excluding carboxylic acids is 1. The molecule has 0 saturated heterocycles. The molecule has 0 spiro atoms. The number of aliphatic hydroxyl groups is 1. The van der Waals surface area contributed by atoms with Crippen molar-refractivity contribution in [1.29, 1.82) is 0 Å². The van der Waals surface area contributed by atoms with Crippen LogP contribution >= 0.6 is 0 Å². The van der Waals surface area contributed by atoms with Crippen LogP contribution in [0, 0.1) is 29.6 Å². The van der Waals surface area contributed by atoms with Crippen molar-refractivity contribution in [3.63, 3.8) is 0 Å². The minimum absolute atomic E-state index is 0.00338. The molecule has 204 valence electrons. The van der Waals surface area contributed by atoms with Gasteiger partial charge < -0.3 is 18.7 Å². The van der Waals surface area contributed by atoms with E-state index < -0.39 is 28.7 Å². The molecule has 0 aromatic heterocycles. The van der Waals surface area contributed by atoms with E-state index in [4.69, 9.17) is 13.6 Å². The third kappa shape index (κ3) is 5.69. The van der Waals surface area contributed by atoms with Gasteiger partial charge in [-0.05, 0) is 34.8 Å². The van der Waals surface area contributed by atoms with Gasteiger partial charge >= 0.3 is 5.97 Å². The first-order valence-electron chi connectivity index (χ1n) is 13.7. The maximum atomic E-state index is 13.2. The fourth-order valence-corrected chi connectivity index (χ4v) is 13.4. The van der Waals surface area contributed by atoms with Crippen molar-refractivity contribution in [2.24, 2.45) is 29.6 Å². The van der Waals surface area contributed by atoms with Gasteiger partial charge in [0.05, 0.1) is 25.2 Å². The molecule has 35 heavy (non-hydrogen) atoms. The lowest BCUT2D eigenvalue weighted by molar-refractivity contribution is -0.152. The van der Waals surface area contributed by atoms with Crippen molar-refractivity contribution < 1.29 is 23.5 Å². The fourth-order valence-electron chi connectivity index (χ4n) is 6.69.